The van der Waals surface area contributed by atoms with E-state index in [4.69, 9.17) is 0 Å². The van der Waals surface area contributed by atoms with Gasteiger partial charge in [0.15, 0.2) is 0 Å². The maximum absolute atomic E-state index is 12.0. The molecular weight excluding hydrogens is 220 g/mol. The highest BCUT2D eigenvalue weighted by Crippen LogP contribution is 2.30. The Morgan fingerprint density at radius 3 is 2.24 bits per heavy atom. The van der Waals surface area contributed by atoms with Crippen molar-refractivity contribution in [2.45, 2.75) is 58.0 Å². The summed E-state index contributed by atoms with van der Waals surface area (Å²) in [5.41, 5.74) is -1.04. The van der Waals surface area contributed by atoms with Crippen molar-refractivity contribution in [3.05, 3.63) is 0 Å². The number of hydrogen-bond acceptors (Lipinski definition) is 2. The summed E-state index contributed by atoms with van der Waals surface area (Å²) < 4.78 is 0. The molecule has 17 heavy (non-hydrogen) atoms. The minimum absolute atomic E-state index is 0.0762. The van der Waals surface area contributed by atoms with Gasteiger partial charge in [-0.1, -0.05) is 12.8 Å². The van der Waals surface area contributed by atoms with Gasteiger partial charge in [0.25, 0.3) is 0 Å². The third kappa shape index (κ3) is 2.90. The molecule has 0 aromatic rings. The maximum Gasteiger partial charge on any atom is 0.329 e. The molecule has 0 heterocycles. The first-order valence-electron chi connectivity index (χ1n) is 6.25. The predicted octanol–water partition coefficient (Wildman–Crippen LogP) is 1.82. The van der Waals surface area contributed by atoms with Crippen LogP contribution in [-0.2, 0) is 4.79 Å². The summed E-state index contributed by atoms with van der Waals surface area (Å²) >= 11 is 0. The molecule has 0 aliphatic heterocycles. The Balaban J connectivity index is 2.74. The number of carboxylic acid groups (broad SMARTS) is 1. The number of aliphatic carboxylic acids is 1. The first kappa shape index (κ1) is 13.8. The molecular formula is C12H22N2O3. The molecule has 5 heteroatoms. The first-order valence-corrected chi connectivity index (χ1v) is 6.25. The quantitative estimate of drug-likeness (QED) is 0.790. The van der Waals surface area contributed by atoms with Gasteiger partial charge in [0, 0.05) is 12.6 Å². The fourth-order valence-corrected chi connectivity index (χ4v) is 2.39. The van der Waals surface area contributed by atoms with Crippen molar-refractivity contribution in [1.82, 2.24) is 10.2 Å². The van der Waals surface area contributed by atoms with Crippen molar-refractivity contribution in [1.29, 1.82) is 0 Å². The fraction of sp³-hybridized carbons (Fsp3) is 0.833. The standard InChI is InChI=1S/C12H22N2O3/c1-4-14(9(2)3)11(17)13-12(10(15)16)7-5-6-8-12/h9H,4-8H2,1-3H3,(H,13,17)(H,15,16). The van der Waals surface area contributed by atoms with Gasteiger partial charge in [-0.05, 0) is 33.6 Å². The van der Waals surface area contributed by atoms with Gasteiger partial charge >= 0.3 is 12.0 Å². The van der Waals surface area contributed by atoms with Crippen LogP contribution < -0.4 is 5.32 Å². The van der Waals surface area contributed by atoms with Gasteiger partial charge in [0.2, 0.25) is 0 Å². The summed E-state index contributed by atoms with van der Waals surface area (Å²) in [5.74, 6) is -0.914. The molecule has 5 nitrogen and oxygen atoms in total. The topological polar surface area (TPSA) is 69.6 Å². The zero-order valence-electron chi connectivity index (χ0n) is 10.8. The number of nitrogens with zero attached hydrogens (tertiary/aromatic N) is 1. The van der Waals surface area contributed by atoms with Gasteiger partial charge in [0.05, 0.1) is 0 Å². The zero-order valence-corrected chi connectivity index (χ0v) is 10.8. The number of rotatable bonds is 4. The Morgan fingerprint density at radius 2 is 1.88 bits per heavy atom. The van der Waals surface area contributed by atoms with Gasteiger partial charge in [0.1, 0.15) is 5.54 Å². The van der Waals surface area contributed by atoms with Crippen LogP contribution in [-0.4, -0.2) is 40.1 Å². The average Bonchev–Trinajstić information content (AvgIpc) is 2.67. The van der Waals surface area contributed by atoms with E-state index in [1.807, 2.05) is 20.8 Å². The molecule has 0 spiro atoms. The molecule has 98 valence electrons. The van der Waals surface area contributed by atoms with Crippen LogP contribution in [0.5, 0.6) is 0 Å². The number of carbonyl (C=O) groups is 2. The van der Waals surface area contributed by atoms with E-state index in [-0.39, 0.29) is 12.1 Å². The summed E-state index contributed by atoms with van der Waals surface area (Å²) in [7, 11) is 0. The number of urea groups is 1. The second-order valence-corrected chi connectivity index (χ2v) is 4.90. The van der Waals surface area contributed by atoms with Crippen molar-refractivity contribution in [3.63, 3.8) is 0 Å². The second kappa shape index (κ2) is 5.38. The Kier molecular flexibility index (Phi) is 4.37. The van der Waals surface area contributed by atoms with Gasteiger partial charge in [-0.25, -0.2) is 9.59 Å². The lowest BCUT2D eigenvalue weighted by molar-refractivity contribution is -0.144. The highest BCUT2D eigenvalue weighted by molar-refractivity contribution is 5.86. The molecule has 0 unspecified atom stereocenters. The highest BCUT2D eigenvalue weighted by atomic mass is 16.4. The van der Waals surface area contributed by atoms with Gasteiger partial charge in [-0.15, -0.1) is 0 Å². The van der Waals surface area contributed by atoms with Crippen LogP contribution in [0, 0.1) is 0 Å². The monoisotopic (exact) mass is 242 g/mol. The summed E-state index contributed by atoms with van der Waals surface area (Å²) in [6, 6.07) is -0.195. The van der Waals surface area contributed by atoms with Crippen molar-refractivity contribution in [2.24, 2.45) is 0 Å². The molecule has 1 aliphatic rings. The molecule has 0 aromatic carbocycles. The zero-order chi connectivity index (χ0) is 13.1. The van der Waals surface area contributed by atoms with Gasteiger partial charge < -0.3 is 15.3 Å². The van der Waals surface area contributed by atoms with E-state index in [0.717, 1.165) is 12.8 Å². The van der Waals surface area contributed by atoms with Crippen LogP contribution in [0.25, 0.3) is 0 Å². The molecule has 0 saturated heterocycles. The van der Waals surface area contributed by atoms with Crippen LogP contribution in [0.1, 0.15) is 46.5 Å². The molecule has 1 aliphatic carbocycles. The summed E-state index contributed by atoms with van der Waals surface area (Å²) in [6.07, 6.45) is 2.79. The van der Waals surface area contributed by atoms with Gasteiger partial charge in [-0.3, -0.25) is 0 Å². The molecule has 0 bridgehead atoms. The highest BCUT2D eigenvalue weighted by Gasteiger charge is 2.43. The molecule has 1 saturated carbocycles. The van der Waals surface area contributed by atoms with Crippen LogP contribution >= 0.6 is 0 Å². The number of nitrogens with one attached hydrogen (secondary N) is 1. The SMILES string of the molecule is CCN(C(=O)NC1(C(=O)O)CCCC1)C(C)C. The Bertz CT molecular complexity index is 296. The minimum atomic E-state index is -1.04. The number of hydrogen-bond donors (Lipinski definition) is 2. The van der Waals surface area contributed by atoms with Crippen molar-refractivity contribution in [3.8, 4) is 0 Å². The maximum atomic E-state index is 12.0. The Labute approximate surface area is 102 Å². The Hall–Kier alpha value is -1.26. The minimum Gasteiger partial charge on any atom is -0.480 e. The smallest absolute Gasteiger partial charge is 0.329 e. The lowest BCUT2D eigenvalue weighted by atomic mass is 9.98. The van der Waals surface area contributed by atoms with Crippen molar-refractivity contribution >= 4 is 12.0 Å². The number of carboxylic acids is 1. The van der Waals surface area contributed by atoms with Crippen LogP contribution in [0.2, 0.25) is 0 Å². The summed E-state index contributed by atoms with van der Waals surface area (Å²) in [5, 5.41) is 12.0. The van der Waals surface area contributed by atoms with Crippen LogP contribution in [0.4, 0.5) is 4.79 Å². The van der Waals surface area contributed by atoms with Crippen LogP contribution in [0.3, 0.4) is 0 Å². The van der Waals surface area contributed by atoms with E-state index in [1.54, 1.807) is 4.90 Å². The van der Waals surface area contributed by atoms with E-state index in [1.165, 1.54) is 0 Å². The normalized spacial score (nSPS) is 18.1. The lowest BCUT2D eigenvalue weighted by Crippen LogP contribution is -2.57. The van der Waals surface area contributed by atoms with E-state index >= 15 is 0 Å². The molecule has 2 N–H and O–H groups in total. The third-order valence-electron chi connectivity index (χ3n) is 3.44. The summed E-state index contributed by atoms with van der Waals surface area (Å²) in [4.78, 5) is 25.0. The van der Waals surface area contributed by atoms with Gasteiger partial charge in [-0.2, -0.15) is 0 Å². The van der Waals surface area contributed by atoms with E-state index in [9.17, 15) is 14.7 Å². The van der Waals surface area contributed by atoms with Crippen molar-refractivity contribution < 1.29 is 14.7 Å². The fourth-order valence-electron chi connectivity index (χ4n) is 2.39. The molecule has 0 aromatic heterocycles. The average molecular weight is 242 g/mol. The summed E-state index contributed by atoms with van der Waals surface area (Å²) in [6.45, 7) is 6.32. The van der Waals surface area contributed by atoms with Crippen molar-refractivity contribution in [2.75, 3.05) is 6.54 Å². The molecule has 0 radical (unpaired) electrons. The number of carbonyl (C=O) groups excluding carboxylic acids is 1. The second-order valence-electron chi connectivity index (χ2n) is 4.90. The largest absolute Gasteiger partial charge is 0.480 e. The first-order chi connectivity index (χ1) is 7.93. The van der Waals surface area contributed by atoms with E-state index in [2.05, 4.69) is 5.32 Å². The number of amides is 2. The molecule has 2 amide bonds. The molecule has 0 atom stereocenters. The third-order valence-corrected chi connectivity index (χ3v) is 3.44. The molecule has 1 rings (SSSR count). The van der Waals surface area contributed by atoms with Crippen LogP contribution in [0.15, 0.2) is 0 Å². The Morgan fingerprint density at radius 1 is 1.35 bits per heavy atom. The van der Waals surface area contributed by atoms with E-state index < -0.39 is 11.5 Å². The van der Waals surface area contributed by atoms with E-state index in [0.29, 0.717) is 19.4 Å². The lowest BCUT2D eigenvalue weighted by Gasteiger charge is -2.31. The predicted molar refractivity (Wildman–Crippen MR) is 64.9 cm³/mol. The molecule has 1 fully saturated rings.